The average molecular weight is 367 g/mol. The van der Waals surface area contributed by atoms with Crippen molar-refractivity contribution in [2.24, 2.45) is 0 Å². The molecule has 128 valence electrons. The van der Waals surface area contributed by atoms with E-state index in [0.717, 1.165) is 4.88 Å². The summed E-state index contributed by atoms with van der Waals surface area (Å²) in [5, 5.41) is 6.84. The van der Waals surface area contributed by atoms with Crippen molar-refractivity contribution in [3.05, 3.63) is 21.9 Å². The molecular formula is C14H17N5O3S2. The average Bonchev–Trinajstić information content (AvgIpc) is 3.22. The zero-order valence-electron chi connectivity index (χ0n) is 12.9. The second-order valence-corrected chi connectivity index (χ2v) is 7.26. The van der Waals surface area contributed by atoms with Gasteiger partial charge in [0.1, 0.15) is 0 Å². The monoisotopic (exact) mass is 367 g/mol. The number of morpholine rings is 1. The standard InChI is InChI=1S/C14H17N5O3S2/c15-13-16-14(18-17-13)23-8-10(20)11-2-1-9(24-11)7-12(21)19-3-5-22-6-4-19/h1-2H,3-8H2,(H3,15,16,17,18). The number of aromatic amines is 1. The Bertz CT molecular complexity index is 724. The Morgan fingerprint density at radius 2 is 2.17 bits per heavy atom. The van der Waals surface area contributed by atoms with Crippen LogP contribution in [0.3, 0.4) is 0 Å². The van der Waals surface area contributed by atoms with Crippen LogP contribution in [-0.4, -0.2) is 63.8 Å². The van der Waals surface area contributed by atoms with Crippen molar-refractivity contribution in [2.45, 2.75) is 11.6 Å². The van der Waals surface area contributed by atoms with Crippen LogP contribution in [0.1, 0.15) is 14.5 Å². The number of carbonyl (C=O) groups excluding carboxylic acids is 2. The summed E-state index contributed by atoms with van der Waals surface area (Å²) < 4.78 is 5.24. The molecule has 3 rings (SSSR count). The van der Waals surface area contributed by atoms with E-state index in [0.29, 0.717) is 42.8 Å². The summed E-state index contributed by atoms with van der Waals surface area (Å²) in [4.78, 5) is 31.7. The molecule has 0 aromatic carbocycles. The summed E-state index contributed by atoms with van der Waals surface area (Å²) in [7, 11) is 0. The van der Waals surface area contributed by atoms with E-state index in [-0.39, 0.29) is 23.4 Å². The molecule has 2 aromatic heterocycles. The Hall–Kier alpha value is -1.91. The van der Waals surface area contributed by atoms with Crippen molar-refractivity contribution in [2.75, 3.05) is 37.8 Å². The summed E-state index contributed by atoms with van der Waals surface area (Å²) in [5.41, 5.74) is 5.44. The molecule has 24 heavy (non-hydrogen) atoms. The number of nitrogens with two attached hydrogens (primary N) is 1. The van der Waals surface area contributed by atoms with Crippen molar-refractivity contribution < 1.29 is 14.3 Å². The molecule has 0 atom stereocenters. The van der Waals surface area contributed by atoms with Gasteiger partial charge in [-0.05, 0) is 12.1 Å². The highest BCUT2D eigenvalue weighted by Crippen LogP contribution is 2.22. The van der Waals surface area contributed by atoms with Crippen LogP contribution in [0.25, 0.3) is 0 Å². The van der Waals surface area contributed by atoms with Gasteiger partial charge in [-0.25, -0.2) is 5.10 Å². The van der Waals surface area contributed by atoms with Crippen molar-refractivity contribution in [3.63, 3.8) is 0 Å². The third kappa shape index (κ3) is 4.34. The third-order valence-corrected chi connectivity index (χ3v) is 5.41. The number of aromatic nitrogens is 3. The molecule has 8 nitrogen and oxygen atoms in total. The fraction of sp³-hybridized carbons (Fsp3) is 0.429. The molecule has 0 aliphatic carbocycles. The molecule has 0 spiro atoms. The number of anilines is 1. The minimum Gasteiger partial charge on any atom is -0.378 e. The van der Waals surface area contributed by atoms with E-state index in [2.05, 4.69) is 15.2 Å². The van der Waals surface area contributed by atoms with Crippen LogP contribution in [0, 0.1) is 0 Å². The van der Waals surface area contributed by atoms with Gasteiger partial charge in [0.2, 0.25) is 17.0 Å². The van der Waals surface area contributed by atoms with Crippen LogP contribution < -0.4 is 5.73 Å². The highest BCUT2D eigenvalue weighted by Gasteiger charge is 2.19. The lowest BCUT2D eigenvalue weighted by atomic mass is 10.3. The molecule has 1 aliphatic rings. The van der Waals surface area contributed by atoms with Crippen LogP contribution in [0.4, 0.5) is 5.95 Å². The van der Waals surface area contributed by atoms with Gasteiger partial charge in [0.15, 0.2) is 5.78 Å². The lowest BCUT2D eigenvalue weighted by molar-refractivity contribution is -0.134. The van der Waals surface area contributed by atoms with E-state index in [1.54, 1.807) is 11.0 Å². The van der Waals surface area contributed by atoms with E-state index < -0.39 is 0 Å². The van der Waals surface area contributed by atoms with Gasteiger partial charge in [0.25, 0.3) is 0 Å². The molecule has 2 aromatic rings. The van der Waals surface area contributed by atoms with Gasteiger partial charge in [0.05, 0.1) is 30.3 Å². The maximum absolute atomic E-state index is 12.2. The maximum atomic E-state index is 12.2. The molecule has 1 aliphatic heterocycles. The normalized spacial score (nSPS) is 14.8. The summed E-state index contributed by atoms with van der Waals surface area (Å²) in [6.45, 7) is 2.44. The summed E-state index contributed by atoms with van der Waals surface area (Å²) in [6.07, 6.45) is 0.322. The molecule has 1 saturated heterocycles. The van der Waals surface area contributed by atoms with Crippen LogP contribution in [-0.2, 0) is 16.0 Å². The molecule has 3 N–H and O–H groups in total. The van der Waals surface area contributed by atoms with Crippen molar-refractivity contribution in [1.82, 2.24) is 20.1 Å². The minimum atomic E-state index is -0.0153. The van der Waals surface area contributed by atoms with Crippen molar-refractivity contribution in [3.8, 4) is 0 Å². The van der Waals surface area contributed by atoms with Crippen molar-refractivity contribution in [1.29, 1.82) is 0 Å². The van der Waals surface area contributed by atoms with Crippen LogP contribution in [0.15, 0.2) is 17.3 Å². The van der Waals surface area contributed by atoms with Gasteiger partial charge in [-0.1, -0.05) is 11.8 Å². The first-order valence-corrected chi connectivity index (χ1v) is 9.20. The van der Waals surface area contributed by atoms with Gasteiger partial charge < -0.3 is 15.4 Å². The molecule has 3 heterocycles. The molecule has 0 unspecified atom stereocenters. The second kappa shape index (κ2) is 7.77. The van der Waals surface area contributed by atoms with Gasteiger partial charge in [-0.15, -0.1) is 16.4 Å². The van der Waals surface area contributed by atoms with Gasteiger partial charge in [0, 0.05) is 18.0 Å². The molecule has 0 bridgehead atoms. The Balaban J connectivity index is 1.52. The number of thiophene rings is 1. The SMILES string of the molecule is Nc1nc(SCC(=O)c2ccc(CC(=O)N3CCOCC3)s2)n[nH]1. The number of ether oxygens (including phenoxy) is 1. The van der Waals surface area contributed by atoms with Gasteiger partial charge in [-0.3, -0.25) is 9.59 Å². The van der Waals surface area contributed by atoms with Crippen LogP contribution in [0.5, 0.6) is 0 Å². The number of amides is 1. The number of ketones is 1. The maximum Gasteiger partial charge on any atom is 0.227 e. The first-order valence-electron chi connectivity index (χ1n) is 7.40. The summed E-state index contributed by atoms with van der Waals surface area (Å²) in [5.74, 6) is 0.516. The largest absolute Gasteiger partial charge is 0.378 e. The number of hydrogen-bond donors (Lipinski definition) is 2. The smallest absolute Gasteiger partial charge is 0.227 e. The summed E-state index contributed by atoms with van der Waals surface area (Å²) in [6, 6.07) is 3.60. The predicted octanol–water partition coefficient (Wildman–Crippen LogP) is 0.825. The molecular weight excluding hydrogens is 350 g/mol. The quantitative estimate of drug-likeness (QED) is 0.574. The number of carbonyl (C=O) groups is 2. The number of H-pyrrole nitrogens is 1. The molecule has 0 radical (unpaired) electrons. The van der Waals surface area contributed by atoms with Crippen LogP contribution >= 0.6 is 23.1 Å². The van der Waals surface area contributed by atoms with E-state index in [1.165, 1.54) is 23.1 Å². The number of rotatable bonds is 6. The minimum absolute atomic E-state index is 0.0153. The number of nitrogen functional groups attached to an aromatic ring is 1. The van der Waals surface area contributed by atoms with Crippen LogP contribution in [0.2, 0.25) is 0 Å². The highest BCUT2D eigenvalue weighted by molar-refractivity contribution is 7.99. The number of Topliss-reactive ketones (excluding diaryl/α,β-unsaturated/α-hetero) is 1. The lowest BCUT2D eigenvalue weighted by Gasteiger charge is -2.26. The molecule has 1 amide bonds. The number of nitrogens with zero attached hydrogens (tertiary/aromatic N) is 3. The topological polar surface area (TPSA) is 114 Å². The van der Waals surface area contributed by atoms with Gasteiger partial charge in [-0.2, -0.15) is 4.98 Å². The Kier molecular flexibility index (Phi) is 5.48. The molecule has 0 saturated carbocycles. The van der Waals surface area contributed by atoms with E-state index in [9.17, 15) is 9.59 Å². The number of thioether (sulfide) groups is 1. The Labute approximate surface area is 146 Å². The van der Waals surface area contributed by atoms with Crippen molar-refractivity contribution >= 4 is 40.7 Å². The zero-order chi connectivity index (χ0) is 16.9. The third-order valence-electron chi connectivity index (χ3n) is 3.44. The first kappa shape index (κ1) is 16.9. The highest BCUT2D eigenvalue weighted by atomic mass is 32.2. The Morgan fingerprint density at radius 3 is 2.88 bits per heavy atom. The second-order valence-electron chi connectivity index (χ2n) is 5.15. The van der Waals surface area contributed by atoms with E-state index >= 15 is 0 Å². The fourth-order valence-electron chi connectivity index (χ4n) is 2.22. The Morgan fingerprint density at radius 1 is 1.38 bits per heavy atom. The van der Waals surface area contributed by atoms with Gasteiger partial charge >= 0.3 is 0 Å². The van der Waals surface area contributed by atoms with E-state index in [1.807, 2.05) is 6.07 Å². The predicted molar refractivity (Wildman–Crippen MR) is 91.3 cm³/mol. The van der Waals surface area contributed by atoms with E-state index in [4.69, 9.17) is 10.5 Å². The number of nitrogens with one attached hydrogen (secondary N) is 1. The fourth-order valence-corrected chi connectivity index (χ4v) is 3.94. The number of hydrogen-bond acceptors (Lipinski definition) is 8. The zero-order valence-corrected chi connectivity index (χ0v) is 14.5. The lowest BCUT2D eigenvalue weighted by Crippen LogP contribution is -2.41. The molecule has 10 heteroatoms. The molecule has 1 fully saturated rings. The summed E-state index contributed by atoms with van der Waals surface area (Å²) >= 11 is 2.58. The first-order chi connectivity index (χ1) is 11.6.